The van der Waals surface area contributed by atoms with Crippen molar-refractivity contribution in [2.75, 3.05) is 0 Å². The molecule has 0 unspecified atom stereocenters. The van der Waals surface area contributed by atoms with Crippen LogP contribution in [-0.2, 0) is 6.54 Å². The number of hydrogen-bond acceptors (Lipinski definition) is 5. The van der Waals surface area contributed by atoms with Crippen molar-refractivity contribution in [3.63, 3.8) is 0 Å². The van der Waals surface area contributed by atoms with E-state index in [0.29, 0.717) is 6.54 Å². The fourth-order valence-electron chi connectivity index (χ4n) is 2.91. The maximum absolute atomic E-state index is 12.8. The maximum atomic E-state index is 12.8. The Bertz CT molecular complexity index is 953. The van der Waals surface area contributed by atoms with Gasteiger partial charge in [0.05, 0.1) is 6.20 Å². The second-order valence-corrected chi connectivity index (χ2v) is 7.68. The van der Waals surface area contributed by atoms with Gasteiger partial charge in [0.1, 0.15) is 5.56 Å². The number of carbonyl (C=O) groups excluding carboxylic acids is 2. The Morgan fingerprint density at radius 3 is 2.48 bits per heavy atom. The molecule has 2 aromatic rings. The minimum Gasteiger partial charge on any atom is -0.494 e. The van der Waals surface area contributed by atoms with Crippen molar-refractivity contribution in [2.45, 2.75) is 59.2 Å². The molecule has 0 spiro atoms. The molecule has 0 aliphatic heterocycles. The van der Waals surface area contributed by atoms with Gasteiger partial charge in [-0.25, -0.2) is 0 Å². The quantitative estimate of drug-likeness (QED) is 0.693. The predicted molar refractivity (Wildman–Crippen MR) is 99.0 cm³/mol. The van der Waals surface area contributed by atoms with E-state index in [-0.39, 0.29) is 34.8 Å². The summed E-state index contributed by atoms with van der Waals surface area (Å²) in [5.41, 5.74) is -0.753. The SMILES string of the molecule is CC(C)Cn1c(O)c(C(=O)NC2CC2)c(=O)n2ncc(C(=O)NC(C)C)c12. The summed E-state index contributed by atoms with van der Waals surface area (Å²) in [6, 6.07) is -0.0644. The summed E-state index contributed by atoms with van der Waals surface area (Å²) >= 11 is 0. The normalized spacial score (nSPS) is 14.1. The van der Waals surface area contributed by atoms with Crippen LogP contribution in [0.1, 0.15) is 61.3 Å². The lowest BCUT2D eigenvalue weighted by molar-refractivity contribution is 0.0937. The summed E-state index contributed by atoms with van der Waals surface area (Å²) in [6.07, 6.45) is 3.00. The third-order valence-electron chi connectivity index (χ3n) is 4.24. The van der Waals surface area contributed by atoms with E-state index in [2.05, 4.69) is 15.7 Å². The van der Waals surface area contributed by atoms with E-state index in [1.165, 1.54) is 10.8 Å². The van der Waals surface area contributed by atoms with Crippen molar-refractivity contribution < 1.29 is 14.7 Å². The third kappa shape index (κ3) is 3.67. The summed E-state index contributed by atoms with van der Waals surface area (Å²) in [4.78, 5) is 37.8. The first-order valence-corrected chi connectivity index (χ1v) is 9.16. The van der Waals surface area contributed by atoms with E-state index >= 15 is 0 Å². The first-order valence-electron chi connectivity index (χ1n) is 9.16. The van der Waals surface area contributed by atoms with Gasteiger partial charge in [0.25, 0.3) is 17.4 Å². The molecule has 146 valence electrons. The molecule has 2 aromatic heterocycles. The molecule has 9 nitrogen and oxygen atoms in total. The van der Waals surface area contributed by atoms with Crippen LogP contribution in [0.3, 0.4) is 0 Å². The zero-order valence-corrected chi connectivity index (χ0v) is 15.9. The fraction of sp³-hybridized carbons (Fsp3) is 0.556. The number of rotatable bonds is 6. The van der Waals surface area contributed by atoms with Gasteiger partial charge < -0.3 is 15.7 Å². The maximum Gasteiger partial charge on any atom is 0.291 e. The van der Waals surface area contributed by atoms with Gasteiger partial charge in [-0.1, -0.05) is 13.8 Å². The molecule has 3 rings (SSSR count). The second-order valence-electron chi connectivity index (χ2n) is 7.68. The Kier molecular flexibility index (Phi) is 4.95. The van der Waals surface area contributed by atoms with Crippen LogP contribution in [-0.4, -0.2) is 43.2 Å². The van der Waals surface area contributed by atoms with Gasteiger partial charge >= 0.3 is 0 Å². The molecule has 0 bridgehead atoms. The minimum atomic E-state index is -0.746. The number of aromatic hydroxyl groups is 1. The fourth-order valence-corrected chi connectivity index (χ4v) is 2.91. The van der Waals surface area contributed by atoms with Gasteiger partial charge in [-0.05, 0) is 32.6 Å². The summed E-state index contributed by atoms with van der Waals surface area (Å²) in [5.74, 6) is -1.37. The highest BCUT2D eigenvalue weighted by Gasteiger charge is 2.30. The molecule has 2 heterocycles. The lowest BCUT2D eigenvalue weighted by Crippen LogP contribution is -2.35. The summed E-state index contributed by atoms with van der Waals surface area (Å²) < 4.78 is 2.43. The molecule has 1 saturated carbocycles. The predicted octanol–water partition coefficient (Wildman–Crippen LogP) is 0.888. The molecule has 3 N–H and O–H groups in total. The molecule has 0 atom stereocenters. The zero-order chi connectivity index (χ0) is 19.9. The topological polar surface area (TPSA) is 118 Å². The zero-order valence-electron chi connectivity index (χ0n) is 15.9. The number of fused-ring (bicyclic) bond motifs is 1. The third-order valence-corrected chi connectivity index (χ3v) is 4.24. The molecular formula is C18H25N5O4. The first-order chi connectivity index (χ1) is 12.7. The molecular weight excluding hydrogens is 350 g/mol. The van der Waals surface area contributed by atoms with Gasteiger partial charge in [-0.15, -0.1) is 0 Å². The van der Waals surface area contributed by atoms with Crippen molar-refractivity contribution in [3.05, 3.63) is 27.7 Å². The van der Waals surface area contributed by atoms with E-state index in [1.54, 1.807) is 0 Å². The Morgan fingerprint density at radius 1 is 1.26 bits per heavy atom. The van der Waals surface area contributed by atoms with Crippen LogP contribution in [0.2, 0.25) is 0 Å². The van der Waals surface area contributed by atoms with Crippen LogP contribution in [0, 0.1) is 5.92 Å². The van der Waals surface area contributed by atoms with Crippen LogP contribution >= 0.6 is 0 Å². The highest BCUT2D eigenvalue weighted by molar-refractivity contribution is 6.01. The molecule has 1 aliphatic carbocycles. The molecule has 1 aliphatic rings. The molecule has 1 fully saturated rings. The number of hydrogen-bond donors (Lipinski definition) is 3. The Balaban J connectivity index is 2.21. The summed E-state index contributed by atoms with van der Waals surface area (Å²) in [6.45, 7) is 7.82. The van der Waals surface area contributed by atoms with Gasteiger partial charge in [0, 0.05) is 18.6 Å². The lowest BCUT2D eigenvalue weighted by Gasteiger charge is -2.17. The average molecular weight is 375 g/mol. The first kappa shape index (κ1) is 18.9. The van der Waals surface area contributed by atoms with Gasteiger partial charge in [-0.2, -0.15) is 9.61 Å². The Hall–Kier alpha value is -2.84. The van der Waals surface area contributed by atoms with Crippen molar-refractivity contribution in [1.82, 2.24) is 24.8 Å². The number of carbonyl (C=O) groups is 2. The molecule has 27 heavy (non-hydrogen) atoms. The molecule has 0 aromatic carbocycles. The minimum absolute atomic E-state index is 0.0375. The van der Waals surface area contributed by atoms with Gasteiger partial charge in [0.15, 0.2) is 11.2 Å². The van der Waals surface area contributed by atoms with Crippen molar-refractivity contribution in [1.29, 1.82) is 0 Å². The number of amides is 2. The molecule has 2 amide bonds. The van der Waals surface area contributed by atoms with Crippen LogP contribution in [0.4, 0.5) is 0 Å². The van der Waals surface area contributed by atoms with E-state index in [1.807, 2.05) is 27.7 Å². The van der Waals surface area contributed by atoms with Crippen molar-refractivity contribution >= 4 is 17.5 Å². The number of aromatic nitrogens is 3. The van der Waals surface area contributed by atoms with Crippen molar-refractivity contribution in [2.24, 2.45) is 5.92 Å². The molecule has 0 radical (unpaired) electrons. The average Bonchev–Trinajstić information content (AvgIpc) is 3.24. The largest absolute Gasteiger partial charge is 0.494 e. The summed E-state index contributed by atoms with van der Waals surface area (Å²) in [5, 5.41) is 20.3. The van der Waals surface area contributed by atoms with Crippen LogP contribution in [0.25, 0.3) is 5.65 Å². The Morgan fingerprint density at radius 2 is 1.93 bits per heavy atom. The highest BCUT2D eigenvalue weighted by atomic mass is 16.3. The number of nitrogens with one attached hydrogen (secondary N) is 2. The monoisotopic (exact) mass is 375 g/mol. The van der Waals surface area contributed by atoms with Crippen LogP contribution in [0.15, 0.2) is 11.0 Å². The lowest BCUT2D eigenvalue weighted by atomic mass is 10.2. The second kappa shape index (κ2) is 7.05. The smallest absolute Gasteiger partial charge is 0.291 e. The van der Waals surface area contributed by atoms with Crippen LogP contribution < -0.4 is 16.2 Å². The van der Waals surface area contributed by atoms with E-state index < -0.39 is 23.3 Å². The van der Waals surface area contributed by atoms with E-state index in [4.69, 9.17) is 0 Å². The van der Waals surface area contributed by atoms with Gasteiger partial charge in [-0.3, -0.25) is 19.0 Å². The molecule has 0 saturated heterocycles. The Labute approximate surface area is 156 Å². The van der Waals surface area contributed by atoms with Gasteiger partial charge in [0.2, 0.25) is 5.88 Å². The van der Waals surface area contributed by atoms with Crippen LogP contribution in [0.5, 0.6) is 5.88 Å². The van der Waals surface area contributed by atoms with E-state index in [9.17, 15) is 19.5 Å². The number of nitrogens with zero attached hydrogens (tertiary/aromatic N) is 3. The standard InChI is InChI=1S/C18H25N5O4/c1-9(2)8-22-16-12(14(24)20-10(3)4)7-19-23(16)18(27)13(17(22)26)15(25)21-11-5-6-11/h7,9-11,26H,5-6,8H2,1-4H3,(H,20,24)(H,21,25). The molecule has 9 heteroatoms. The summed E-state index contributed by atoms with van der Waals surface area (Å²) in [7, 11) is 0. The highest BCUT2D eigenvalue weighted by Crippen LogP contribution is 2.24. The van der Waals surface area contributed by atoms with Crippen molar-refractivity contribution in [3.8, 4) is 5.88 Å². The van der Waals surface area contributed by atoms with E-state index in [0.717, 1.165) is 17.4 Å².